The molecular weight excluding hydrogens is 168 g/mol. The second-order valence-corrected chi connectivity index (χ2v) is 3.63. The van der Waals surface area contributed by atoms with E-state index >= 15 is 0 Å². The molecule has 0 aliphatic heterocycles. The van der Waals surface area contributed by atoms with Crippen molar-refractivity contribution in [1.82, 2.24) is 0 Å². The molecule has 3 nitrogen and oxygen atoms in total. The average molecular weight is 186 g/mol. The monoisotopic (exact) mass is 186 g/mol. The Morgan fingerprint density at radius 1 is 1.38 bits per heavy atom. The van der Waals surface area contributed by atoms with E-state index in [2.05, 4.69) is 0 Å². The molecule has 0 bridgehead atoms. The summed E-state index contributed by atoms with van der Waals surface area (Å²) < 4.78 is 4.87. The molecule has 3 heteroatoms. The summed E-state index contributed by atoms with van der Waals surface area (Å²) in [6.07, 6.45) is 0. The first-order chi connectivity index (χ1) is 5.87. The Morgan fingerprint density at radius 2 is 1.85 bits per heavy atom. The number of carbonyl (C=O) groups excluding carboxylic acids is 2. The Balaban J connectivity index is 4.79. The molecule has 0 aliphatic carbocycles. The number of rotatable bonds is 4. The summed E-state index contributed by atoms with van der Waals surface area (Å²) >= 11 is 0. The Morgan fingerprint density at radius 3 is 2.08 bits per heavy atom. The third-order valence-electron chi connectivity index (χ3n) is 2.59. The van der Waals surface area contributed by atoms with E-state index < -0.39 is 11.4 Å². The lowest BCUT2D eigenvalue weighted by Gasteiger charge is -2.28. The maximum atomic E-state index is 11.5. The highest BCUT2D eigenvalue weighted by molar-refractivity contribution is 6.02. The van der Waals surface area contributed by atoms with Gasteiger partial charge in [0.15, 0.2) is 0 Å². The molecule has 1 unspecified atom stereocenters. The van der Waals surface area contributed by atoms with Crippen LogP contribution in [0.5, 0.6) is 0 Å². The Bertz CT molecular complexity index is 208. The van der Waals surface area contributed by atoms with E-state index in [-0.39, 0.29) is 11.7 Å². The molecule has 0 fully saturated rings. The van der Waals surface area contributed by atoms with Gasteiger partial charge >= 0.3 is 5.97 Å². The molecule has 0 aromatic rings. The summed E-state index contributed by atoms with van der Waals surface area (Å²) in [5.41, 5.74) is -0.990. The van der Waals surface area contributed by atoms with Crippen LogP contribution in [0.1, 0.15) is 34.6 Å². The van der Waals surface area contributed by atoms with E-state index in [1.165, 1.54) is 6.92 Å². The summed E-state index contributed by atoms with van der Waals surface area (Å²) in [4.78, 5) is 22.8. The molecule has 13 heavy (non-hydrogen) atoms. The van der Waals surface area contributed by atoms with Crippen LogP contribution in [-0.4, -0.2) is 18.4 Å². The van der Waals surface area contributed by atoms with Gasteiger partial charge in [-0.05, 0) is 26.7 Å². The van der Waals surface area contributed by atoms with Crippen LogP contribution in [-0.2, 0) is 14.3 Å². The van der Waals surface area contributed by atoms with Crippen LogP contribution in [0, 0.1) is 11.3 Å². The van der Waals surface area contributed by atoms with Gasteiger partial charge in [0.25, 0.3) is 0 Å². The summed E-state index contributed by atoms with van der Waals surface area (Å²) in [5.74, 6) is -0.595. The molecular formula is C10H18O3. The zero-order valence-electron chi connectivity index (χ0n) is 9.01. The third kappa shape index (κ3) is 2.29. The highest BCUT2D eigenvalue weighted by atomic mass is 16.5. The summed E-state index contributed by atoms with van der Waals surface area (Å²) in [7, 11) is 0. The van der Waals surface area contributed by atoms with Gasteiger partial charge < -0.3 is 4.74 Å². The maximum absolute atomic E-state index is 11.5. The molecule has 0 saturated heterocycles. The van der Waals surface area contributed by atoms with Crippen LogP contribution in [0.3, 0.4) is 0 Å². The van der Waals surface area contributed by atoms with Crippen LogP contribution in [0.2, 0.25) is 0 Å². The smallest absolute Gasteiger partial charge is 0.319 e. The molecule has 0 spiro atoms. The van der Waals surface area contributed by atoms with Crippen LogP contribution in [0.25, 0.3) is 0 Å². The molecule has 0 N–H and O–H groups in total. The normalized spacial score (nSPS) is 15.2. The fourth-order valence-corrected chi connectivity index (χ4v) is 1.07. The molecule has 0 heterocycles. The third-order valence-corrected chi connectivity index (χ3v) is 2.59. The first-order valence-corrected chi connectivity index (χ1v) is 4.55. The van der Waals surface area contributed by atoms with Gasteiger partial charge in [-0.3, -0.25) is 9.59 Å². The van der Waals surface area contributed by atoms with Crippen molar-refractivity contribution in [1.29, 1.82) is 0 Å². The fraction of sp³-hybridized carbons (Fsp3) is 0.800. The highest BCUT2D eigenvalue weighted by Gasteiger charge is 2.42. The zero-order chi connectivity index (χ0) is 10.6. The number of ether oxygens (including phenoxy) is 1. The Hall–Kier alpha value is -0.860. The molecule has 1 atom stereocenters. The minimum atomic E-state index is -0.990. The molecule has 0 amide bonds. The standard InChI is InChI=1S/C10H18O3/c1-6-13-9(12)10(5,7(2)3)8(4)11/h7H,6H2,1-5H3. The Kier molecular flexibility index (Phi) is 4.11. The number of hydrogen-bond donors (Lipinski definition) is 0. The lowest BCUT2D eigenvalue weighted by molar-refractivity contribution is -0.161. The van der Waals surface area contributed by atoms with E-state index in [0.29, 0.717) is 6.61 Å². The lowest BCUT2D eigenvalue weighted by Crippen LogP contribution is -2.41. The van der Waals surface area contributed by atoms with Crippen LogP contribution in [0.4, 0.5) is 0 Å². The van der Waals surface area contributed by atoms with E-state index in [0.717, 1.165) is 0 Å². The maximum Gasteiger partial charge on any atom is 0.319 e. The topological polar surface area (TPSA) is 43.4 Å². The van der Waals surface area contributed by atoms with Crippen LogP contribution in [0.15, 0.2) is 0 Å². The largest absolute Gasteiger partial charge is 0.465 e. The van der Waals surface area contributed by atoms with Gasteiger partial charge in [0, 0.05) is 0 Å². The van der Waals surface area contributed by atoms with Crippen molar-refractivity contribution in [2.24, 2.45) is 11.3 Å². The predicted octanol–water partition coefficient (Wildman–Crippen LogP) is 1.80. The quantitative estimate of drug-likeness (QED) is 0.496. The van der Waals surface area contributed by atoms with Gasteiger partial charge in [-0.1, -0.05) is 13.8 Å². The van der Waals surface area contributed by atoms with Gasteiger partial charge in [0.1, 0.15) is 11.2 Å². The van der Waals surface area contributed by atoms with Crippen molar-refractivity contribution < 1.29 is 14.3 Å². The number of carbonyl (C=O) groups is 2. The van der Waals surface area contributed by atoms with Crippen LogP contribution >= 0.6 is 0 Å². The minimum Gasteiger partial charge on any atom is -0.465 e. The van der Waals surface area contributed by atoms with Crippen molar-refractivity contribution in [3.63, 3.8) is 0 Å². The molecule has 76 valence electrons. The molecule has 0 radical (unpaired) electrons. The van der Waals surface area contributed by atoms with Gasteiger partial charge in [-0.2, -0.15) is 0 Å². The van der Waals surface area contributed by atoms with Crippen molar-refractivity contribution in [2.75, 3.05) is 6.61 Å². The molecule has 0 saturated carbocycles. The van der Waals surface area contributed by atoms with E-state index in [9.17, 15) is 9.59 Å². The van der Waals surface area contributed by atoms with Crippen molar-refractivity contribution in [3.05, 3.63) is 0 Å². The van der Waals surface area contributed by atoms with E-state index in [4.69, 9.17) is 4.74 Å². The number of hydrogen-bond acceptors (Lipinski definition) is 3. The van der Waals surface area contributed by atoms with E-state index in [1.54, 1.807) is 13.8 Å². The number of esters is 1. The summed E-state index contributed by atoms with van der Waals surface area (Å²) in [6, 6.07) is 0. The van der Waals surface area contributed by atoms with Crippen molar-refractivity contribution in [3.8, 4) is 0 Å². The van der Waals surface area contributed by atoms with Crippen molar-refractivity contribution >= 4 is 11.8 Å². The Labute approximate surface area is 79.5 Å². The highest BCUT2D eigenvalue weighted by Crippen LogP contribution is 2.29. The molecule has 0 rings (SSSR count). The van der Waals surface area contributed by atoms with Gasteiger partial charge in [0.2, 0.25) is 0 Å². The number of ketones is 1. The van der Waals surface area contributed by atoms with Crippen LogP contribution < -0.4 is 0 Å². The summed E-state index contributed by atoms with van der Waals surface area (Å²) in [6.45, 7) is 8.80. The van der Waals surface area contributed by atoms with Crippen molar-refractivity contribution in [2.45, 2.75) is 34.6 Å². The lowest BCUT2D eigenvalue weighted by atomic mass is 9.76. The van der Waals surface area contributed by atoms with Gasteiger partial charge in [0.05, 0.1) is 6.61 Å². The van der Waals surface area contributed by atoms with Gasteiger partial charge in [-0.25, -0.2) is 0 Å². The SMILES string of the molecule is CCOC(=O)C(C)(C(C)=O)C(C)C. The molecule has 0 aromatic carbocycles. The first-order valence-electron chi connectivity index (χ1n) is 4.55. The zero-order valence-corrected chi connectivity index (χ0v) is 9.01. The van der Waals surface area contributed by atoms with E-state index in [1.807, 2.05) is 13.8 Å². The molecule has 0 aromatic heterocycles. The predicted molar refractivity (Wildman–Crippen MR) is 50.3 cm³/mol. The first kappa shape index (κ1) is 12.1. The second kappa shape index (κ2) is 4.40. The minimum absolute atomic E-state index is 0.0379. The fourth-order valence-electron chi connectivity index (χ4n) is 1.07. The second-order valence-electron chi connectivity index (χ2n) is 3.63. The molecule has 0 aliphatic rings. The summed E-state index contributed by atoms with van der Waals surface area (Å²) in [5, 5.41) is 0. The number of Topliss-reactive ketones (excluding diaryl/α,β-unsaturated/α-hetero) is 1. The average Bonchev–Trinajstić information content (AvgIpc) is 2.02. The van der Waals surface area contributed by atoms with Gasteiger partial charge in [-0.15, -0.1) is 0 Å².